The lowest BCUT2D eigenvalue weighted by Gasteiger charge is -2.19. The monoisotopic (exact) mass is 369 g/mol. The molecule has 0 fully saturated rings. The minimum atomic E-state index is -0.117. The molecule has 0 aliphatic carbocycles. The van der Waals surface area contributed by atoms with E-state index in [0.717, 1.165) is 24.2 Å². The predicted molar refractivity (Wildman–Crippen MR) is 108 cm³/mol. The molecule has 0 saturated heterocycles. The summed E-state index contributed by atoms with van der Waals surface area (Å²) in [6.45, 7) is 1.30. The van der Waals surface area contributed by atoms with Crippen LogP contribution in [-0.2, 0) is 12.8 Å². The Labute approximate surface area is 163 Å². The van der Waals surface area contributed by atoms with Crippen molar-refractivity contribution in [3.8, 4) is 0 Å². The third-order valence-corrected chi connectivity index (χ3v) is 5.50. The van der Waals surface area contributed by atoms with Crippen molar-refractivity contribution in [2.45, 2.75) is 12.8 Å². The molecule has 1 aromatic heterocycles. The summed E-state index contributed by atoms with van der Waals surface area (Å²) in [7, 11) is 0. The highest BCUT2D eigenvalue weighted by atomic mass is 16.2. The van der Waals surface area contributed by atoms with E-state index in [1.807, 2.05) is 48.5 Å². The highest BCUT2D eigenvalue weighted by molar-refractivity contribution is 6.11. The molecule has 138 valence electrons. The molecule has 0 saturated carbocycles. The third kappa shape index (κ3) is 2.67. The van der Waals surface area contributed by atoms with Crippen molar-refractivity contribution in [1.82, 2.24) is 4.98 Å². The quantitative estimate of drug-likeness (QED) is 0.695. The lowest BCUT2D eigenvalue weighted by molar-refractivity contribution is 0.0988. The van der Waals surface area contributed by atoms with E-state index in [1.54, 1.807) is 15.9 Å². The van der Waals surface area contributed by atoms with E-state index < -0.39 is 0 Å². The van der Waals surface area contributed by atoms with Crippen LogP contribution in [0.2, 0.25) is 0 Å². The number of carbonyl (C=O) groups is 2. The van der Waals surface area contributed by atoms with Crippen LogP contribution in [0.3, 0.4) is 0 Å². The first kappa shape index (κ1) is 16.7. The molecule has 0 N–H and O–H groups in total. The molecule has 0 radical (unpaired) electrons. The Balaban J connectivity index is 1.43. The molecule has 5 heteroatoms. The number of fused-ring (bicyclic) bond motifs is 2. The van der Waals surface area contributed by atoms with Gasteiger partial charge in [0.1, 0.15) is 0 Å². The van der Waals surface area contributed by atoms with E-state index in [-0.39, 0.29) is 11.8 Å². The van der Waals surface area contributed by atoms with Crippen LogP contribution in [0.5, 0.6) is 0 Å². The molecular weight excluding hydrogens is 350 g/mol. The van der Waals surface area contributed by atoms with Crippen molar-refractivity contribution >= 4 is 23.2 Å². The second-order valence-corrected chi connectivity index (χ2v) is 7.13. The van der Waals surface area contributed by atoms with Crippen LogP contribution < -0.4 is 9.80 Å². The standard InChI is InChI=1S/C23H19N3O2/c27-22(25-11-9-16-5-1-3-7-20(16)25)18-13-19(15-24-14-18)23(28)26-12-10-17-6-2-4-8-21(17)26/h1-8,13-15H,9-12H2. The summed E-state index contributed by atoms with van der Waals surface area (Å²) in [5.41, 5.74) is 5.11. The van der Waals surface area contributed by atoms with E-state index in [0.29, 0.717) is 24.2 Å². The first-order valence-electron chi connectivity index (χ1n) is 9.47. The number of benzene rings is 2. The summed E-state index contributed by atoms with van der Waals surface area (Å²) in [6, 6.07) is 17.5. The molecule has 3 aromatic rings. The van der Waals surface area contributed by atoms with Crippen molar-refractivity contribution in [2.75, 3.05) is 22.9 Å². The zero-order valence-electron chi connectivity index (χ0n) is 15.3. The zero-order valence-corrected chi connectivity index (χ0v) is 15.3. The minimum Gasteiger partial charge on any atom is -0.308 e. The van der Waals surface area contributed by atoms with Gasteiger partial charge in [0, 0.05) is 36.9 Å². The van der Waals surface area contributed by atoms with Gasteiger partial charge in [-0.1, -0.05) is 36.4 Å². The van der Waals surface area contributed by atoms with Gasteiger partial charge in [-0.2, -0.15) is 0 Å². The third-order valence-electron chi connectivity index (χ3n) is 5.50. The van der Waals surface area contributed by atoms with Gasteiger partial charge in [0.15, 0.2) is 0 Å². The largest absolute Gasteiger partial charge is 0.308 e. The molecular formula is C23H19N3O2. The minimum absolute atomic E-state index is 0.117. The molecule has 2 aliphatic rings. The van der Waals surface area contributed by atoms with Crippen molar-refractivity contribution in [2.24, 2.45) is 0 Å². The number of anilines is 2. The van der Waals surface area contributed by atoms with Crippen LogP contribution in [0.1, 0.15) is 31.8 Å². The molecule has 5 nitrogen and oxygen atoms in total. The molecule has 2 amide bonds. The maximum absolute atomic E-state index is 13.1. The van der Waals surface area contributed by atoms with Crippen LogP contribution in [-0.4, -0.2) is 29.9 Å². The molecule has 2 aromatic carbocycles. The van der Waals surface area contributed by atoms with E-state index in [1.165, 1.54) is 23.5 Å². The molecule has 5 rings (SSSR count). The highest BCUT2D eigenvalue weighted by Crippen LogP contribution is 2.30. The normalized spacial score (nSPS) is 14.7. The van der Waals surface area contributed by atoms with Crippen molar-refractivity contribution < 1.29 is 9.59 Å². The Morgan fingerprint density at radius 3 is 1.68 bits per heavy atom. The molecule has 0 atom stereocenters. The Kier molecular flexibility index (Phi) is 3.93. The van der Waals surface area contributed by atoms with Crippen molar-refractivity contribution in [1.29, 1.82) is 0 Å². The maximum atomic E-state index is 13.1. The number of para-hydroxylation sites is 2. The van der Waals surface area contributed by atoms with Gasteiger partial charge >= 0.3 is 0 Å². The number of hydrogen-bond acceptors (Lipinski definition) is 3. The van der Waals surface area contributed by atoms with E-state index in [4.69, 9.17) is 0 Å². The fraction of sp³-hybridized carbons (Fsp3) is 0.174. The number of pyridine rings is 1. The summed E-state index contributed by atoms with van der Waals surface area (Å²) in [6.07, 6.45) is 4.77. The fourth-order valence-electron chi connectivity index (χ4n) is 4.08. The molecule has 28 heavy (non-hydrogen) atoms. The molecule has 2 aliphatic heterocycles. The summed E-state index contributed by atoms with van der Waals surface area (Å²) in [4.78, 5) is 33.9. The smallest absolute Gasteiger partial charge is 0.259 e. The molecule has 0 unspecified atom stereocenters. The fourth-order valence-corrected chi connectivity index (χ4v) is 4.08. The predicted octanol–water partition coefficient (Wildman–Crippen LogP) is 3.49. The number of carbonyl (C=O) groups excluding carboxylic acids is 2. The van der Waals surface area contributed by atoms with Gasteiger partial charge in [-0.15, -0.1) is 0 Å². The second-order valence-electron chi connectivity index (χ2n) is 7.13. The van der Waals surface area contributed by atoms with Crippen LogP contribution in [0.25, 0.3) is 0 Å². The van der Waals surface area contributed by atoms with Gasteiger partial charge in [0.05, 0.1) is 11.1 Å². The summed E-state index contributed by atoms with van der Waals surface area (Å²) < 4.78 is 0. The van der Waals surface area contributed by atoms with Gasteiger partial charge in [-0.05, 0) is 42.2 Å². The van der Waals surface area contributed by atoms with Crippen LogP contribution in [0, 0.1) is 0 Å². The Morgan fingerprint density at radius 2 is 1.18 bits per heavy atom. The number of aromatic nitrogens is 1. The van der Waals surface area contributed by atoms with Crippen LogP contribution in [0.15, 0.2) is 67.0 Å². The first-order chi connectivity index (χ1) is 13.7. The Morgan fingerprint density at radius 1 is 0.714 bits per heavy atom. The molecule has 0 spiro atoms. The van der Waals surface area contributed by atoms with Crippen LogP contribution >= 0.6 is 0 Å². The topological polar surface area (TPSA) is 53.5 Å². The number of hydrogen-bond donors (Lipinski definition) is 0. The van der Waals surface area contributed by atoms with E-state index in [9.17, 15) is 9.59 Å². The van der Waals surface area contributed by atoms with Gasteiger partial charge in [0.2, 0.25) is 0 Å². The van der Waals surface area contributed by atoms with Crippen molar-refractivity contribution in [3.05, 3.63) is 89.2 Å². The Bertz CT molecular complexity index is 1010. The van der Waals surface area contributed by atoms with Gasteiger partial charge in [-0.25, -0.2) is 0 Å². The van der Waals surface area contributed by atoms with Gasteiger partial charge in [-0.3, -0.25) is 14.6 Å². The second kappa shape index (κ2) is 6.60. The maximum Gasteiger partial charge on any atom is 0.259 e. The average molecular weight is 369 g/mol. The van der Waals surface area contributed by atoms with E-state index >= 15 is 0 Å². The van der Waals surface area contributed by atoms with Crippen molar-refractivity contribution in [3.63, 3.8) is 0 Å². The summed E-state index contributed by atoms with van der Waals surface area (Å²) in [5.74, 6) is -0.233. The number of nitrogens with zero attached hydrogens (tertiary/aromatic N) is 3. The van der Waals surface area contributed by atoms with Gasteiger partial charge < -0.3 is 9.80 Å². The lowest BCUT2D eigenvalue weighted by atomic mass is 10.1. The molecule has 3 heterocycles. The SMILES string of the molecule is O=C(c1cncc(C(=O)N2CCc3ccccc32)c1)N1CCc2ccccc21. The first-order valence-corrected chi connectivity index (χ1v) is 9.47. The van der Waals surface area contributed by atoms with E-state index in [2.05, 4.69) is 4.98 Å². The molecule has 0 bridgehead atoms. The van der Waals surface area contributed by atoms with Gasteiger partial charge in [0.25, 0.3) is 11.8 Å². The summed E-state index contributed by atoms with van der Waals surface area (Å²) in [5, 5.41) is 0. The summed E-state index contributed by atoms with van der Waals surface area (Å²) >= 11 is 0. The zero-order chi connectivity index (χ0) is 19.1. The Hall–Kier alpha value is -3.47. The highest BCUT2D eigenvalue weighted by Gasteiger charge is 2.28. The number of amides is 2. The van der Waals surface area contributed by atoms with Crippen LogP contribution in [0.4, 0.5) is 11.4 Å². The lowest BCUT2D eigenvalue weighted by Crippen LogP contribution is -2.31. The average Bonchev–Trinajstić information content (AvgIpc) is 3.37. The number of rotatable bonds is 2.